The van der Waals surface area contributed by atoms with Crippen molar-refractivity contribution < 1.29 is 5.11 Å². The van der Waals surface area contributed by atoms with Gasteiger partial charge in [0.15, 0.2) is 0 Å². The van der Waals surface area contributed by atoms with Crippen LogP contribution in [0.15, 0.2) is 42.6 Å². The summed E-state index contributed by atoms with van der Waals surface area (Å²) in [6.07, 6.45) is 4.37. The molecule has 0 unspecified atom stereocenters. The Morgan fingerprint density at radius 3 is 3.04 bits per heavy atom. The van der Waals surface area contributed by atoms with Gasteiger partial charge in [-0.2, -0.15) is 5.10 Å². The van der Waals surface area contributed by atoms with Gasteiger partial charge in [0.25, 0.3) is 0 Å². The van der Waals surface area contributed by atoms with Crippen LogP contribution in [0.2, 0.25) is 0 Å². The van der Waals surface area contributed by atoms with E-state index in [1.165, 1.54) is 29.4 Å². The summed E-state index contributed by atoms with van der Waals surface area (Å²) in [5, 5.41) is 14.9. The van der Waals surface area contributed by atoms with Crippen molar-refractivity contribution in [2.24, 2.45) is 0 Å². The summed E-state index contributed by atoms with van der Waals surface area (Å²) in [6, 6.07) is 12.8. The highest BCUT2D eigenvalue weighted by atomic mass is 16.3. The van der Waals surface area contributed by atoms with Gasteiger partial charge in [-0.15, -0.1) is 0 Å². The second-order valence-electron chi connectivity index (χ2n) is 6.68. The van der Waals surface area contributed by atoms with Crippen LogP contribution in [0, 0.1) is 0 Å². The normalized spacial score (nSPS) is 19.1. The highest BCUT2D eigenvalue weighted by molar-refractivity contribution is 5.80. The number of hydrogen-bond acceptors (Lipinski definition) is 3. The largest absolute Gasteiger partial charge is 0.394 e. The molecule has 24 heavy (non-hydrogen) atoms. The Morgan fingerprint density at radius 2 is 2.17 bits per heavy atom. The molecular weight excluding hydrogens is 300 g/mol. The van der Waals surface area contributed by atoms with Crippen LogP contribution in [0.4, 0.5) is 0 Å². The van der Waals surface area contributed by atoms with Gasteiger partial charge in [-0.05, 0) is 43.0 Å². The van der Waals surface area contributed by atoms with Gasteiger partial charge in [-0.1, -0.05) is 18.2 Å². The quantitative estimate of drug-likeness (QED) is 0.759. The van der Waals surface area contributed by atoms with Crippen LogP contribution in [0.3, 0.4) is 0 Å². The van der Waals surface area contributed by atoms with Gasteiger partial charge < -0.3 is 10.1 Å². The number of aliphatic hydroxyl groups excluding tert-OH is 1. The molecule has 5 nitrogen and oxygen atoms in total. The first-order chi connectivity index (χ1) is 11.8. The van der Waals surface area contributed by atoms with Crippen molar-refractivity contribution in [1.29, 1.82) is 0 Å². The number of aromatic nitrogens is 3. The summed E-state index contributed by atoms with van der Waals surface area (Å²) in [6.45, 7) is 3.86. The number of aliphatic hydroxyl groups is 1. The zero-order chi connectivity index (χ0) is 16.4. The van der Waals surface area contributed by atoms with Gasteiger partial charge in [0, 0.05) is 36.4 Å². The Balaban J connectivity index is 1.44. The molecule has 5 heteroatoms. The monoisotopic (exact) mass is 324 g/mol. The average molecular weight is 324 g/mol. The van der Waals surface area contributed by atoms with Crippen molar-refractivity contribution in [2.75, 3.05) is 19.7 Å². The fourth-order valence-corrected chi connectivity index (χ4v) is 3.72. The van der Waals surface area contributed by atoms with E-state index in [1.807, 2.05) is 10.9 Å². The third-order valence-corrected chi connectivity index (χ3v) is 4.89. The van der Waals surface area contributed by atoms with E-state index < -0.39 is 0 Å². The number of piperidine rings is 1. The average Bonchev–Trinajstić information content (AvgIpc) is 3.21. The first-order valence-electron chi connectivity index (χ1n) is 8.75. The summed E-state index contributed by atoms with van der Waals surface area (Å²) in [5.74, 6) is 0.489. The summed E-state index contributed by atoms with van der Waals surface area (Å²) < 4.78 is 1.84. The lowest BCUT2D eigenvalue weighted by atomic mass is 9.95. The minimum absolute atomic E-state index is 0.137. The van der Waals surface area contributed by atoms with Crippen LogP contribution in [-0.4, -0.2) is 44.5 Å². The minimum atomic E-state index is 0.137. The molecule has 0 bridgehead atoms. The van der Waals surface area contributed by atoms with E-state index in [4.69, 9.17) is 5.11 Å². The number of nitrogens with one attached hydrogen (secondary N) is 1. The molecule has 1 atom stereocenters. The number of para-hydroxylation sites is 1. The summed E-state index contributed by atoms with van der Waals surface area (Å²) in [5.41, 5.74) is 3.65. The van der Waals surface area contributed by atoms with E-state index in [-0.39, 0.29) is 6.61 Å². The number of rotatable bonds is 5. The van der Waals surface area contributed by atoms with Crippen molar-refractivity contribution in [2.45, 2.75) is 31.8 Å². The number of benzene rings is 1. The molecule has 0 spiro atoms. The second kappa shape index (κ2) is 6.79. The molecule has 1 fully saturated rings. The number of fused-ring (bicyclic) bond motifs is 1. The number of aromatic amines is 1. The molecule has 2 N–H and O–H groups in total. The van der Waals surface area contributed by atoms with Crippen molar-refractivity contribution in [3.8, 4) is 0 Å². The van der Waals surface area contributed by atoms with Crippen molar-refractivity contribution >= 4 is 10.9 Å². The van der Waals surface area contributed by atoms with Gasteiger partial charge in [0.05, 0.1) is 18.8 Å². The zero-order valence-corrected chi connectivity index (χ0v) is 13.9. The van der Waals surface area contributed by atoms with E-state index in [1.54, 1.807) is 0 Å². The number of H-pyrrole nitrogens is 1. The summed E-state index contributed by atoms with van der Waals surface area (Å²) >= 11 is 0. The van der Waals surface area contributed by atoms with Crippen molar-refractivity contribution in [1.82, 2.24) is 19.7 Å². The predicted octanol–water partition coefficient (Wildman–Crippen LogP) is 2.74. The Labute approximate surface area is 141 Å². The predicted molar refractivity (Wildman–Crippen MR) is 94.9 cm³/mol. The molecule has 3 aromatic rings. The van der Waals surface area contributed by atoms with Crippen LogP contribution >= 0.6 is 0 Å². The molecule has 0 amide bonds. The zero-order valence-electron chi connectivity index (χ0n) is 13.9. The van der Waals surface area contributed by atoms with Crippen molar-refractivity contribution in [3.63, 3.8) is 0 Å². The highest BCUT2D eigenvalue weighted by Crippen LogP contribution is 2.27. The molecule has 3 heterocycles. The lowest BCUT2D eigenvalue weighted by Crippen LogP contribution is -2.34. The topological polar surface area (TPSA) is 57.1 Å². The van der Waals surface area contributed by atoms with Crippen LogP contribution in [0.1, 0.15) is 30.1 Å². The molecule has 2 aromatic heterocycles. The van der Waals surface area contributed by atoms with Gasteiger partial charge in [-0.3, -0.25) is 9.58 Å². The minimum Gasteiger partial charge on any atom is -0.394 e. The van der Waals surface area contributed by atoms with Crippen LogP contribution in [-0.2, 0) is 13.1 Å². The molecule has 1 saturated heterocycles. The number of likely N-dealkylation sites (tertiary alicyclic amines) is 1. The van der Waals surface area contributed by atoms with E-state index in [0.717, 1.165) is 25.3 Å². The molecule has 1 aliphatic rings. The molecular formula is C19H24N4O. The second-order valence-corrected chi connectivity index (χ2v) is 6.68. The number of hydrogen-bond donors (Lipinski definition) is 2. The first-order valence-corrected chi connectivity index (χ1v) is 8.75. The van der Waals surface area contributed by atoms with E-state index >= 15 is 0 Å². The van der Waals surface area contributed by atoms with Gasteiger partial charge in [-0.25, -0.2) is 0 Å². The van der Waals surface area contributed by atoms with Crippen LogP contribution in [0.5, 0.6) is 0 Å². The van der Waals surface area contributed by atoms with Crippen LogP contribution in [0.25, 0.3) is 10.9 Å². The third-order valence-electron chi connectivity index (χ3n) is 4.89. The third kappa shape index (κ3) is 3.23. The SMILES string of the molecule is OCCn1ccc([C@@H]2CCCN(Cc3cc4ccccc4[nH]3)C2)n1. The maximum atomic E-state index is 9.03. The molecule has 4 rings (SSSR count). The molecule has 126 valence electrons. The maximum Gasteiger partial charge on any atom is 0.0668 e. The fourth-order valence-electron chi connectivity index (χ4n) is 3.72. The molecule has 1 aliphatic heterocycles. The highest BCUT2D eigenvalue weighted by Gasteiger charge is 2.23. The van der Waals surface area contributed by atoms with E-state index in [0.29, 0.717) is 12.5 Å². The van der Waals surface area contributed by atoms with Gasteiger partial charge >= 0.3 is 0 Å². The smallest absolute Gasteiger partial charge is 0.0668 e. The first kappa shape index (κ1) is 15.4. The molecule has 1 aromatic carbocycles. The Morgan fingerprint density at radius 1 is 1.25 bits per heavy atom. The molecule has 0 saturated carbocycles. The number of nitrogens with zero attached hydrogens (tertiary/aromatic N) is 3. The fraction of sp³-hybridized carbons (Fsp3) is 0.421. The Kier molecular flexibility index (Phi) is 4.36. The Bertz CT molecular complexity index is 773. The van der Waals surface area contributed by atoms with Crippen LogP contribution < -0.4 is 0 Å². The summed E-state index contributed by atoms with van der Waals surface area (Å²) in [7, 11) is 0. The van der Waals surface area contributed by atoms with Gasteiger partial charge in [0.1, 0.15) is 0 Å². The van der Waals surface area contributed by atoms with Crippen molar-refractivity contribution in [3.05, 3.63) is 54.0 Å². The summed E-state index contributed by atoms with van der Waals surface area (Å²) in [4.78, 5) is 6.05. The standard InChI is InChI=1S/C19H24N4O/c24-11-10-23-9-7-19(21-23)16-5-3-8-22(13-16)14-17-12-15-4-1-2-6-18(15)20-17/h1-2,4,6-7,9,12,16,20,24H,3,5,8,10-11,13-14H2/t16-/m1/s1. The molecule has 0 radical (unpaired) electrons. The lowest BCUT2D eigenvalue weighted by Gasteiger charge is -2.31. The maximum absolute atomic E-state index is 9.03. The Hall–Kier alpha value is -2.11. The van der Waals surface area contributed by atoms with E-state index in [2.05, 4.69) is 51.4 Å². The molecule has 0 aliphatic carbocycles. The van der Waals surface area contributed by atoms with E-state index in [9.17, 15) is 0 Å². The lowest BCUT2D eigenvalue weighted by molar-refractivity contribution is 0.196. The van der Waals surface area contributed by atoms with Gasteiger partial charge in [0.2, 0.25) is 0 Å².